The first-order valence-corrected chi connectivity index (χ1v) is 27.4. The summed E-state index contributed by atoms with van der Waals surface area (Å²) in [6, 6.07) is 39.9. The van der Waals surface area contributed by atoms with Gasteiger partial charge in [0.05, 0.1) is 19.8 Å². The molecule has 3 N–H and O–H groups in total. The highest BCUT2D eigenvalue weighted by molar-refractivity contribution is 7.91. The largest absolute Gasteiger partial charge is 0.347 e. The van der Waals surface area contributed by atoms with Crippen LogP contribution in [0.5, 0.6) is 0 Å². The third-order valence-corrected chi connectivity index (χ3v) is 19.8. The number of halogens is 2. The van der Waals surface area contributed by atoms with Crippen molar-refractivity contribution >= 4 is 89.3 Å². The Morgan fingerprint density at radius 3 is 1.56 bits per heavy atom. The molecule has 3 fully saturated rings. The first-order chi connectivity index (χ1) is 32.7. The van der Waals surface area contributed by atoms with E-state index in [0.717, 1.165) is 46.0 Å². The zero-order valence-electron chi connectivity index (χ0n) is 36.9. The maximum Gasteiger partial charge on any atom is 0.252 e. The zero-order valence-corrected chi connectivity index (χ0v) is 41.6. The van der Waals surface area contributed by atoms with Crippen LogP contribution in [0.2, 0.25) is 10.0 Å². The molecule has 3 saturated heterocycles. The van der Waals surface area contributed by atoms with E-state index >= 15 is 0 Å². The van der Waals surface area contributed by atoms with Crippen LogP contribution in [0.3, 0.4) is 0 Å². The number of piperidine rings is 2. The minimum atomic E-state index is -3.71. The molecule has 0 unspecified atom stereocenters. The van der Waals surface area contributed by atoms with Gasteiger partial charge in [0.2, 0.25) is 5.91 Å². The number of para-hydroxylation sites is 1. The lowest BCUT2D eigenvalue weighted by molar-refractivity contribution is -0.124. The molecule has 3 amide bonds. The molecule has 0 aliphatic carbocycles. The Labute approximate surface area is 415 Å². The van der Waals surface area contributed by atoms with Crippen molar-refractivity contribution in [3.63, 3.8) is 0 Å². The average Bonchev–Trinajstić information content (AvgIpc) is 4.12. The molecule has 9 rings (SSSR count). The summed E-state index contributed by atoms with van der Waals surface area (Å²) >= 11 is 14.1. The highest BCUT2D eigenvalue weighted by atomic mass is 35.5. The molecule has 3 aliphatic heterocycles. The van der Waals surface area contributed by atoms with Crippen molar-refractivity contribution in [2.45, 2.75) is 59.2 Å². The van der Waals surface area contributed by atoms with E-state index in [2.05, 4.69) is 28.1 Å². The Bertz CT molecular complexity index is 2920. The summed E-state index contributed by atoms with van der Waals surface area (Å²) in [7, 11) is -7.22. The quantitative estimate of drug-likeness (QED) is 0.104. The molecular formula is C49H50Cl2N6O7S4. The molecule has 0 atom stereocenters. The smallest absolute Gasteiger partial charge is 0.252 e. The van der Waals surface area contributed by atoms with Gasteiger partial charge >= 0.3 is 0 Å². The van der Waals surface area contributed by atoms with Gasteiger partial charge in [-0.2, -0.15) is 8.61 Å². The first kappa shape index (κ1) is 49.3. The molecule has 3 aliphatic rings. The Balaban J connectivity index is 0.000000185. The molecule has 0 saturated carbocycles. The van der Waals surface area contributed by atoms with E-state index in [1.807, 2.05) is 53.4 Å². The number of hydrogen-bond donors (Lipinski definition) is 3. The Hall–Kier alpha value is -5.11. The third-order valence-electron chi connectivity index (χ3n) is 12.4. The van der Waals surface area contributed by atoms with Crippen LogP contribution in [0.25, 0.3) is 0 Å². The van der Waals surface area contributed by atoms with Gasteiger partial charge in [-0.05, 0) is 129 Å². The van der Waals surface area contributed by atoms with Crippen molar-refractivity contribution in [2.75, 3.05) is 37.7 Å². The fourth-order valence-electron chi connectivity index (χ4n) is 8.61. The van der Waals surface area contributed by atoms with Gasteiger partial charge < -0.3 is 20.9 Å². The Morgan fingerprint density at radius 1 is 0.618 bits per heavy atom. The lowest BCUT2D eigenvalue weighted by Gasteiger charge is -2.42. The van der Waals surface area contributed by atoms with Crippen LogP contribution < -0.4 is 20.9 Å². The number of nitrogens with zero attached hydrogens (tertiary/aromatic N) is 3. The van der Waals surface area contributed by atoms with E-state index in [1.165, 1.54) is 21.2 Å². The van der Waals surface area contributed by atoms with Gasteiger partial charge in [-0.15, -0.1) is 22.7 Å². The van der Waals surface area contributed by atoms with Crippen LogP contribution >= 0.6 is 45.9 Å². The molecule has 19 heteroatoms. The topological polar surface area (TPSA) is 165 Å². The molecule has 356 valence electrons. The molecule has 6 aromatic rings. The summed E-state index contributed by atoms with van der Waals surface area (Å²) in [6.07, 6.45) is 3.53. The molecule has 0 bridgehead atoms. The number of carbonyl (C=O) groups is 3. The van der Waals surface area contributed by atoms with Crippen LogP contribution in [0.15, 0.2) is 142 Å². The normalized spacial score (nSPS) is 16.7. The lowest BCUT2D eigenvalue weighted by atomic mass is 9.86. The summed E-state index contributed by atoms with van der Waals surface area (Å²) in [5, 5.41) is 9.68. The van der Waals surface area contributed by atoms with Crippen molar-refractivity contribution in [1.82, 2.24) is 24.6 Å². The zero-order chi connectivity index (χ0) is 47.9. The number of carbonyl (C=O) groups excluding carboxylic acids is 3. The molecule has 0 radical (unpaired) electrons. The number of thiophene rings is 2. The highest BCUT2D eigenvalue weighted by Crippen LogP contribution is 2.38. The highest BCUT2D eigenvalue weighted by Gasteiger charge is 2.51. The molecule has 13 nitrogen and oxygen atoms in total. The summed E-state index contributed by atoms with van der Waals surface area (Å²) in [5.41, 5.74) is 2.48. The van der Waals surface area contributed by atoms with Gasteiger partial charge in [0.1, 0.15) is 14.0 Å². The van der Waals surface area contributed by atoms with Gasteiger partial charge in [0.15, 0.2) is 0 Å². The van der Waals surface area contributed by atoms with Crippen LogP contribution in [-0.2, 0) is 44.4 Å². The van der Waals surface area contributed by atoms with Gasteiger partial charge in [0.25, 0.3) is 31.9 Å². The standard InChI is InChI=1S/C25H25ClN4O4S2.C24H25ClN2O3S2/c26-19-8-6-18(7-9-19)23(31)27-16-21-10-11-22(35-21)36(33,34)29-14-12-25(13-15-29)24(32)28-17-30(25)20-4-2-1-3-5-20;25-21-8-6-20(7-9-21)24(28)26-17-22-10-11-23(31-22)32(29,30)27-14-12-19(13-15-27)16-18-4-2-1-3-5-18/h1-11H,12-17H2,(H,27,31)(H,28,32);1-11,19H,12-17H2,(H,26,28). The van der Waals surface area contributed by atoms with E-state index in [-0.39, 0.29) is 48.1 Å². The third kappa shape index (κ3) is 11.5. The van der Waals surface area contributed by atoms with Gasteiger partial charge in [0, 0.05) is 62.8 Å². The number of hydrogen-bond acceptors (Lipinski definition) is 10. The van der Waals surface area contributed by atoms with Crippen molar-refractivity contribution in [1.29, 1.82) is 0 Å². The van der Waals surface area contributed by atoms with Crippen LogP contribution in [0.4, 0.5) is 5.69 Å². The molecule has 68 heavy (non-hydrogen) atoms. The summed E-state index contributed by atoms with van der Waals surface area (Å²) in [6.45, 7) is 2.49. The predicted molar refractivity (Wildman–Crippen MR) is 268 cm³/mol. The van der Waals surface area contributed by atoms with Crippen LogP contribution in [0, 0.1) is 5.92 Å². The first-order valence-electron chi connectivity index (χ1n) is 22.1. The van der Waals surface area contributed by atoms with Gasteiger partial charge in [-0.3, -0.25) is 14.4 Å². The molecular weight excluding hydrogens is 984 g/mol. The van der Waals surface area contributed by atoms with E-state index in [1.54, 1.807) is 77.1 Å². The predicted octanol–water partition coefficient (Wildman–Crippen LogP) is 8.42. The van der Waals surface area contributed by atoms with Gasteiger partial charge in [-0.1, -0.05) is 71.7 Å². The Morgan fingerprint density at radius 2 is 1.07 bits per heavy atom. The maximum atomic E-state index is 13.4. The van der Waals surface area contributed by atoms with Crippen molar-refractivity contribution < 1.29 is 31.2 Å². The summed E-state index contributed by atoms with van der Waals surface area (Å²) < 4.78 is 56.5. The molecule has 5 heterocycles. The van der Waals surface area contributed by atoms with Gasteiger partial charge in [-0.25, -0.2) is 16.8 Å². The lowest BCUT2D eigenvalue weighted by Crippen LogP contribution is -2.57. The second-order valence-electron chi connectivity index (χ2n) is 16.7. The average molecular weight is 1030 g/mol. The number of benzene rings is 4. The van der Waals surface area contributed by atoms with E-state index < -0.39 is 25.6 Å². The maximum absolute atomic E-state index is 13.4. The minimum Gasteiger partial charge on any atom is -0.347 e. The minimum absolute atomic E-state index is 0.0572. The number of rotatable bonds is 13. The second-order valence-corrected chi connectivity index (χ2v) is 24.3. The van der Waals surface area contributed by atoms with E-state index in [4.69, 9.17) is 23.2 Å². The number of nitrogens with one attached hydrogen (secondary N) is 3. The van der Waals surface area contributed by atoms with Crippen molar-refractivity contribution in [2.24, 2.45) is 5.92 Å². The monoisotopic (exact) mass is 1030 g/mol. The number of anilines is 1. The van der Waals surface area contributed by atoms with E-state index in [0.29, 0.717) is 63.9 Å². The SMILES string of the molecule is O=C(NCc1ccc(S(=O)(=O)N2CCC(Cc3ccccc3)CC2)s1)c1ccc(Cl)cc1.O=C(NCc1ccc(S(=O)(=O)N2CCC3(CC2)C(=O)NCN3c2ccccc2)s1)c1ccc(Cl)cc1. The number of amides is 3. The molecule has 2 aromatic heterocycles. The number of sulfonamides is 2. The van der Waals surface area contributed by atoms with Crippen LogP contribution in [0.1, 0.15) is 61.7 Å². The van der Waals surface area contributed by atoms with Crippen molar-refractivity contribution in [3.8, 4) is 0 Å². The van der Waals surface area contributed by atoms with E-state index in [9.17, 15) is 31.2 Å². The summed E-state index contributed by atoms with van der Waals surface area (Å²) in [5.74, 6) is -0.0346. The summed E-state index contributed by atoms with van der Waals surface area (Å²) in [4.78, 5) is 41.0. The fourth-order valence-corrected chi connectivity index (χ4v) is 14.7. The molecule has 4 aromatic carbocycles. The Kier molecular flexibility index (Phi) is 15.7. The van der Waals surface area contributed by atoms with Crippen LogP contribution in [-0.4, -0.2) is 81.6 Å². The second kappa shape index (κ2) is 21.7. The molecule has 1 spiro atoms. The fraction of sp³-hybridized carbons (Fsp3) is 0.286. The van der Waals surface area contributed by atoms with Crippen molar-refractivity contribution in [3.05, 3.63) is 170 Å².